The third-order valence-electron chi connectivity index (χ3n) is 6.72. The lowest BCUT2D eigenvalue weighted by Gasteiger charge is -2.14. The number of hydrogen-bond acceptors (Lipinski definition) is 5. The number of rotatable bonds is 23. The average Bonchev–Trinajstić information content (AvgIpc) is 2.89. The Morgan fingerprint density at radius 1 is 0.639 bits per heavy atom. The molecule has 0 amide bonds. The maximum atomic E-state index is 12.2. The maximum Gasteiger partial charge on any atom is 0.207 e. The zero-order valence-electron chi connectivity index (χ0n) is 24.0. The minimum absolute atomic E-state index is 0.0370. The molecule has 5 nitrogen and oxygen atoms in total. The van der Waals surface area contributed by atoms with Crippen molar-refractivity contribution in [1.82, 2.24) is 5.32 Å². The number of nitrogens with one attached hydrogen (secondary N) is 1. The molecule has 0 heterocycles. The molecule has 0 spiro atoms. The van der Waals surface area contributed by atoms with Gasteiger partial charge in [0.1, 0.15) is 11.5 Å². The summed E-state index contributed by atoms with van der Waals surface area (Å²) in [5, 5.41) is 20.4. The van der Waals surface area contributed by atoms with Crippen molar-refractivity contribution in [3.8, 4) is 0 Å². The van der Waals surface area contributed by atoms with Crippen molar-refractivity contribution in [1.29, 1.82) is 0 Å². The van der Waals surface area contributed by atoms with E-state index in [1.54, 1.807) is 6.08 Å². The molecule has 0 aromatic carbocycles. The van der Waals surface area contributed by atoms with E-state index in [9.17, 15) is 9.90 Å². The zero-order valence-corrected chi connectivity index (χ0v) is 24.0. The standard InChI is InChI=1S/C30H54N2O2.CH4O/c1-3-5-7-9-11-13-15-17-19-21-23-31-27-25-28(30(34)26-29(27)33)32-24-22-20-18-16-14-12-10-8-6-4-2;1-2/h25-26,31,33H,3-24H2,1-2H3;2H,1H3. The number of allylic oxidation sites excluding steroid dienone is 2. The Hall–Kier alpha value is -1.62. The molecule has 0 aromatic heterocycles. The van der Waals surface area contributed by atoms with E-state index >= 15 is 0 Å². The molecule has 0 saturated heterocycles. The van der Waals surface area contributed by atoms with Crippen LogP contribution in [0.5, 0.6) is 0 Å². The van der Waals surface area contributed by atoms with Crippen LogP contribution in [0.4, 0.5) is 0 Å². The summed E-state index contributed by atoms with van der Waals surface area (Å²) in [6.07, 6.45) is 29.0. The molecule has 1 aliphatic carbocycles. The minimum Gasteiger partial charge on any atom is -0.506 e. The fraction of sp³-hybridized carbons (Fsp3) is 0.806. The summed E-state index contributed by atoms with van der Waals surface area (Å²) in [4.78, 5) is 16.7. The molecular formula is C31H58N2O3. The molecule has 0 aromatic rings. The van der Waals surface area contributed by atoms with Gasteiger partial charge in [-0.3, -0.25) is 9.79 Å². The summed E-state index contributed by atoms with van der Waals surface area (Å²) >= 11 is 0. The van der Waals surface area contributed by atoms with Crippen LogP contribution in [0.2, 0.25) is 0 Å². The van der Waals surface area contributed by atoms with Gasteiger partial charge in [0.2, 0.25) is 5.78 Å². The largest absolute Gasteiger partial charge is 0.506 e. The summed E-state index contributed by atoms with van der Waals surface area (Å²) in [6.45, 7) is 6.03. The van der Waals surface area contributed by atoms with Crippen molar-refractivity contribution in [2.45, 2.75) is 142 Å². The van der Waals surface area contributed by atoms with Crippen LogP contribution in [-0.4, -0.2) is 41.9 Å². The first kappa shape index (κ1) is 34.4. The average molecular weight is 507 g/mol. The smallest absolute Gasteiger partial charge is 0.207 e. The molecule has 3 N–H and O–H groups in total. The lowest BCUT2D eigenvalue weighted by molar-refractivity contribution is -0.109. The molecule has 1 rings (SSSR count). The van der Waals surface area contributed by atoms with E-state index in [0.29, 0.717) is 18.0 Å². The first-order chi connectivity index (χ1) is 17.7. The van der Waals surface area contributed by atoms with Crippen molar-refractivity contribution in [2.75, 3.05) is 20.2 Å². The highest BCUT2D eigenvalue weighted by Gasteiger charge is 2.17. The fourth-order valence-electron chi connectivity index (χ4n) is 4.46. The van der Waals surface area contributed by atoms with Gasteiger partial charge in [-0.05, 0) is 18.9 Å². The monoisotopic (exact) mass is 506 g/mol. The highest BCUT2D eigenvalue weighted by Crippen LogP contribution is 2.14. The van der Waals surface area contributed by atoms with Crippen molar-refractivity contribution in [2.24, 2.45) is 4.99 Å². The Labute approximate surface area is 223 Å². The van der Waals surface area contributed by atoms with Gasteiger partial charge in [0.05, 0.1) is 5.70 Å². The van der Waals surface area contributed by atoms with Gasteiger partial charge in [-0.1, -0.05) is 129 Å². The number of carbonyl (C=O) groups is 1. The molecule has 0 unspecified atom stereocenters. The minimum atomic E-state index is -0.186. The van der Waals surface area contributed by atoms with Crippen LogP contribution in [-0.2, 0) is 4.79 Å². The van der Waals surface area contributed by atoms with Gasteiger partial charge < -0.3 is 15.5 Å². The molecular weight excluding hydrogens is 448 g/mol. The number of aliphatic imine (C=N–C) groups is 1. The summed E-state index contributed by atoms with van der Waals surface area (Å²) in [5.41, 5.74) is 1.11. The number of ketones is 1. The predicted octanol–water partition coefficient (Wildman–Crippen LogP) is 8.38. The highest BCUT2D eigenvalue weighted by molar-refractivity contribution is 6.49. The molecule has 1 aliphatic rings. The van der Waals surface area contributed by atoms with E-state index < -0.39 is 0 Å². The van der Waals surface area contributed by atoms with Crippen LogP contribution in [0, 0.1) is 0 Å². The second-order valence-electron chi connectivity index (χ2n) is 10.0. The molecule has 36 heavy (non-hydrogen) atoms. The lowest BCUT2D eigenvalue weighted by Crippen LogP contribution is -2.24. The molecule has 210 valence electrons. The van der Waals surface area contributed by atoms with E-state index in [1.165, 1.54) is 122 Å². The van der Waals surface area contributed by atoms with Gasteiger partial charge in [0, 0.05) is 26.3 Å². The van der Waals surface area contributed by atoms with Crippen LogP contribution in [0.15, 0.2) is 28.6 Å². The number of carbonyl (C=O) groups excluding carboxylic acids is 1. The van der Waals surface area contributed by atoms with E-state index in [-0.39, 0.29) is 11.5 Å². The third kappa shape index (κ3) is 19.6. The molecule has 5 heteroatoms. The van der Waals surface area contributed by atoms with Crippen LogP contribution < -0.4 is 5.32 Å². The fourth-order valence-corrected chi connectivity index (χ4v) is 4.46. The summed E-state index contributed by atoms with van der Waals surface area (Å²) in [6, 6.07) is 0. The van der Waals surface area contributed by atoms with Crippen molar-refractivity contribution in [3.63, 3.8) is 0 Å². The number of aliphatic hydroxyl groups is 2. The molecule has 0 atom stereocenters. The van der Waals surface area contributed by atoms with Crippen molar-refractivity contribution >= 4 is 11.5 Å². The zero-order chi connectivity index (χ0) is 26.7. The summed E-state index contributed by atoms with van der Waals surface area (Å²) in [7, 11) is 1.00. The predicted molar refractivity (Wildman–Crippen MR) is 156 cm³/mol. The first-order valence-electron chi connectivity index (χ1n) is 15.1. The van der Waals surface area contributed by atoms with Gasteiger partial charge in [-0.2, -0.15) is 0 Å². The Morgan fingerprint density at radius 2 is 1.06 bits per heavy atom. The molecule has 0 aliphatic heterocycles. The normalized spacial score (nSPS) is 14.3. The highest BCUT2D eigenvalue weighted by atomic mass is 16.3. The Kier molecular flexibility index (Phi) is 25.3. The number of aliphatic hydroxyl groups excluding tert-OH is 2. The third-order valence-corrected chi connectivity index (χ3v) is 6.72. The van der Waals surface area contributed by atoms with Gasteiger partial charge in [-0.25, -0.2) is 0 Å². The van der Waals surface area contributed by atoms with Crippen molar-refractivity contribution in [3.05, 3.63) is 23.6 Å². The summed E-state index contributed by atoms with van der Waals surface area (Å²) < 4.78 is 0. The second-order valence-corrected chi connectivity index (χ2v) is 10.0. The van der Waals surface area contributed by atoms with E-state index in [2.05, 4.69) is 24.2 Å². The first-order valence-corrected chi connectivity index (χ1v) is 15.1. The Bertz CT molecular complexity index is 611. The van der Waals surface area contributed by atoms with Crippen LogP contribution in [0.25, 0.3) is 0 Å². The Morgan fingerprint density at radius 3 is 1.53 bits per heavy atom. The van der Waals surface area contributed by atoms with E-state index in [0.717, 1.165) is 26.5 Å². The van der Waals surface area contributed by atoms with Gasteiger partial charge in [0.15, 0.2) is 0 Å². The molecule has 0 radical (unpaired) electrons. The van der Waals surface area contributed by atoms with Gasteiger partial charge in [0.25, 0.3) is 0 Å². The SMILES string of the molecule is CCCCCCCCCCCCN=C1C=C(NCCCCCCCCCCCC)C(O)=CC1=O.CO. The lowest BCUT2D eigenvalue weighted by atomic mass is 10.1. The number of nitrogens with zero attached hydrogens (tertiary/aromatic N) is 1. The second kappa shape index (κ2) is 26.4. The molecule has 0 bridgehead atoms. The topological polar surface area (TPSA) is 81.9 Å². The van der Waals surface area contributed by atoms with E-state index in [1.807, 2.05) is 0 Å². The number of hydrogen-bond donors (Lipinski definition) is 3. The Balaban J connectivity index is 0.00000596. The maximum absolute atomic E-state index is 12.2. The van der Waals surface area contributed by atoms with Crippen LogP contribution in [0.1, 0.15) is 142 Å². The van der Waals surface area contributed by atoms with E-state index in [4.69, 9.17) is 5.11 Å². The quantitative estimate of drug-likeness (QED) is 0.0960. The van der Waals surface area contributed by atoms with Crippen molar-refractivity contribution < 1.29 is 15.0 Å². The molecule has 0 saturated carbocycles. The number of unbranched alkanes of at least 4 members (excludes halogenated alkanes) is 18. The van der Waals surface area contributed by atoms with Gasteiger partial charge in [-0.15, -0.1) is 0 Å². The molecule has 0 fully saturated rings. The van der Waals surface area contributed by atoms with Crippen LogP contribution >= 0.6 is 0 Å². The van der Waals surface area contributed by atoms with Gasteiger partial charge >= 0.3 is 0 Å². The van der Waals surface area contributed by atoms with Crippen LogP contribution in [0.3, 0.4) is 0 Å². The summed E-state index contributed by atoms with van der Waals surface area (Å²) in [5.74, 6) is -0.149.